The van der Waals surface area contributed by atoms with Gasteiger partial charge in [-0.3, -0.25) is 4.98 Å². The number of pyridine rings is 1. The predicted molar refractivity (Wildman–Crippen MR) is 139 cm³/mol. The molecule has 1 aliphatic heterocycles. The first-order valence-corrected chi connectivity index (χ1v) is 12.0. The molecular weight excluding hydrogens is 458 g/mol. The van der Waals surface area contributed by atoms with E-state index in [1.54, 1.807) is 18.2 Å². The van der Waals surface area contributed by atoms with Crippen molar-refractivity contribution >= 4 is 28.3 Å². The summed E-state index contributed by atoms with van der Waals surface area (Å²) in [7, 11) is 1.59. The van der Waals surface area contributed by atoms with Crippen LogP contribution in [0.5, 0.6) is 17.2 Å². The fraction of sp³-hybridized carbons (Fsp3) is 0.370. The van der Waals surface area contributed by atoms with Gasteiger partial charge in [-0.25, -0.2) is 4.79 Å². The van der Waals surface area contributed by atoms with E-state index in [9.17, 15) is 10.1 Å². The zero-order valence-electron chi connectivity index (χ0n) is 21.1. The van der Waals surface area contributed by atoms with E-state index in [4.69, 9.17) is 14.2 Å². The molecule has 0 radical (unpaired) electrons. The second-order valence-electron chi connectivity index (χ2n) is 8.68. The van der Waals surface area contributed by atoms with Gasteiger partial charge in [0.2, 0.25) is 0 Å². The number of benzene rings is 2. The van der Waals surface area contributed by atoms with E-state index >= 15 is 0 Å². The summed E-state index contributed by atoms with van der Waals surface area (Å²) < 4.78 is 16.9. The predicted octanol–water partition coefficient (Wildman–Crippen LogP) is 4.66. The molecule has 0 aliphatic carbocycles. The molecule has 0 atom stereocenters. The van der Waals surface area contributed by atoms with Gasteiger partial charge in [-0.2, -0.15) is 5.26 Å². The number of hydrogen-bond donors (Lipinski definition) is 1. The van der Waals surface area contributed by atoms with Crippen LogP contribution >= 0.6 is 0 Å². The highest BCUT2D eigenvalue weighted by molar-refractivity contribution is 5.97. The van der Waals surface area contributed by atoms with Crippen LogP contribution in [0.15, 0.2) is 42.6 Å². The van der Waals surface area contributed by atoms with Gasteiger partial charge in [-0.05, 0) is 51.1 Å². The van der Waals surface area contributed by atoms with Crippen LogP contribution in [-0.4, -0.2) is 61.9 Å². The summed E-state index contributed by atoms with van der Waals surface area (Å²) in [5, 5.41) is 13.6. The number of fused-ring (bicyclic) bond motifs is 1. The van der Waals surface area contributed by atoms with Crippen molar-refractivity contribution in [3.05, 3.63) is 48.2 Å². The number of amides is 2. The molecule has 0 bridgehead atoms. The van der Waals surface area contributed by atoms with Crippen LogP contribution in [0.2, 0.25) is 0 Å². The minimum atomic E-state index is -0.157. The molecule has 188 valence electrons. The Morgan fingerprint density at radius 2 is 1.86 bits per heavy atom. The highest BCUT2D eigenvalue weighted by Gasteiger charge is 2.25. The maximum absolute atomic E-state index is 12.9. The molecule has 2 heterocycles. The van der Waals surface area contributed by atoms with E-state index in [1.807, 2.05) is 57.2 Å². The number of nitrogens with one attached hydrogen (secondary N) is 1. The number of ether oxygens (including phenoxy) is 3. The lowest BCUT2D eigenvalue weighted by Gasteiger charge is -2.36. The number of methoxy groups -OCH3 is 1. The summed E-state index contributed by atoms with van der Waals surface area (Å²) in [5.74, 6) is 1.96. The van der Waals surface area contributed by atoms with Crippen molar-refractivity contribution in [2.24, 2.45) is 0 Å². The average molecular weight is 490 g/mol. The lowest BCUT2D eigenvalue weighted by Crippen LogP contribution is -2.50. The lowest BCUT2D eigenvalue weighted by atomic mass is 10.1. The lowest BCUT2D eigenvalue weighted by molar-refractivity contribution is 0.208. The number of hydrogen-bond acceptors (Lipinski definition) is 7. The van der Waals surface area contributed by atoms with E-state index in [0.717, 1.165) is 22.3 Å². The normalized spacial score (nSPS) is 13.4. The third kappa shape index (κ3) is 5.38. The number of rotatable bonds is 7. The number of nitrogens with zero attached hydrogens (tertiary/aromatic N) is 4. The van der Waals surface area contributed by atoms with Gasteiger partial charge in [-0.1, -0.05) is 0 Å². The van der Waals surface area contributed by atoms with E-state index in [0.29, 0.717) is 55.5 Å². The summed E-state index contributed by atoms with van der Waals surface area (Å²) in [4.78, 5) is 21.2. The second kappa shape index (κ2) is 11.0. The molecule has 1 aromatic heterocycles. The number of carbonyl (C=O) groups is 1. The van der Waals surface area contributed by atoms with Gasteiger partial charge in [0.25, 0.3) is 0 Å². The SMILES string of the molecule is CCOc1cc2ncc(C#N)c(N3CCN(C(=O)Nc4ccc(OC(C)C)cc4)CC3)c2cc1OC. The number of anilines is 2. The molecule has 1 N–H and O–H groups in total. The molecule has 9 heteroatoms. The Hall–Kier alpha value is -4.19. The monoisotopic (exact) mass is 489 g/mol. The fourth-order valence-corrected chi connectivity index (χ4v) is 4.26. The first-order chi connectivity index (χ1) is 17.4. The van der Waals surface area contributed by atoms with E-state index < -0.39 is 0 Å². The van der Waals surface area contributed by atoms with Gasteiger partial charge in [0.1, 0.15) is 11.8 Å². The van der Waals surface area contributed by atoms with Crippen molar-refractivity contribution in [1.29, 1.82) is 5.26 Å². The Bertz CT molecular complexity index is 1260. The zero-order valence-corrected chi connectivity index (χ0v) is 21.1. The smallest absolute Gasteiger partial charge is 0.321 e. The highest BCUT2D eigenvalue weighted by atomic mass is 16.5. The summed E-state index contributed by atoms with van der Waals surface area (Å²) in [6.45, 7) is 8.55. The number of nitriles is 1. The maximum Gasteiger partial charge on any atom is 0.321 e. The first kappa shape index (κ1) is 24.9. The second-order valence-corrected chi connectivity index (χ2v) is 8.68. The van der Waals surface area contributed by atoms with Crippen LogP contribution in [-0.2, 0) is 0 Å². The van der Waals surface area contributed by atoms with Crippen molar-refractivity contribution in [3.8, 4) is 23.3 Å². The topological polar surface area (TPSA) is 100.0 Å². The first-order valence-electron chi connectivity index (χ1n) is 12.0. The molecule has 9 nitrogen and oxygen atoms in total. The van der Waals surface area contributed by atoms with Crippen molar-refractivity contribution in [2.75, 3.05) is 50.1 Å². The van der Waals surface area contributed by atoms with Gasteiger partial charge in [-0.15, -0.1) is 0 Å². The molecular formula is C27H31N5O4. The van der Waals surface area contributed by atoms with Crippen molar-refractivity contribution < 1.29 is 19.0 Å². The molecule has 1 saturated heterocycles. The molecule has 4 rings (SSSR count). The molecule has 3 aromatic rings. The van der Waals surface area contributed by atoms with Gasteiger partial charge in [0.05, 0.1) is 36.6 Å². The van der Waals surface area contributed by atoms with Gasteiger partial charge >= 0.3 is 6.03 Å². The maximum atomic E-state index is 12.9. The third-order valence-electron chi connectivity index (χ3n) is 5.91. The Labute approximate surface area is 211 Å². The van der Waals surface area contributed by atoms with Crippen molar-refractivity contribution in [3.63, 3.8) is 0 Å². The Morgan fingerprint density at radius 1 is 1.14 bits per heavy atom. The van der Waals surface area contributed by atoms with Gasteiger partial charge < -0.3 is 29.3 Å². The zero-order chi connectivity index (χ0) is 25.7. The Morgan fingerprint density at radius 3 is 2.47 bits per heavy atom. The van der Waals surface area contributed by atoms with E-state index in [-0.39, 0.29) is 12.1 Å². The van der Waals surface area contributed by atoms with Crippen LogP contribution in [0.3, 0.4) is 0 Å². The van der Waals surface area contributed by atoms with Crippen LogP contribution in [0.1, 0.15) is 26.3 Å². The van der Waals surface area contributed by atoms with Crippen LogP contribution in [0.4, 0.5) is 16.2 Å². The van der Waals surface area contributed by atoms with Gasteiger partial charge in [0, 0.05) is 49.5 Å². The molecule has 2 aromatic carbocycles. The standard InChI is InChI=1S/C27H31N5O4/c1-5-35-25-15-23-22(14-24(25)34-4)26(19(16-28)17-29-23)31-10-12-32(13-11-31)27(33)30-20-6-8-21(9-7-20)36-18(2)3/h6-9,14-15,17-18H,5,10-13H2,1-4H3,(H,30,33). The Balaban J connectivity index is 1.49. The van der Waals surface area contributed by atoms with E-state index in [2.05, 4.69) is 21.3 Å². The van der Waals surface area contributed by atoms with Crippen LogP contribution < -0.4 is 24.4 Å². The number of urea groups is 1. The number of carbonyl (C=O) groups excluding carboxylic acids is 1. The molecule has 36 heavy (non-hydrogen) atoms. The van der Waals surface area contributed by atoms with Crippen molar-refractivity contribution in [2.45, 2.75) is 26.9 Å². The van der Waals surface area contributed by atoms with Crippen molar-refractivity contribution in [1.82, 2.24) is 9.88 Å². The van der Waals surface area contributed by atoms with E-state index in [1.165, 1.54) is 0 Å². The largest absolute Gasteiger partial charge is 0.493 e. The molecule has 1 fully saturated rings. The number of aromatic nitrogens is 1. The summed E-state index contributed by atoms with van der Waals surface area (Å²) in [6.07, 6.45) is 1.68. The quantitative estimate of drug-likeness (QED) is 0.515. The van der Waals surface area contributed by atoms with Crippen LogP contribution in [0, 0.1) is 11.3 Å². The Kier molecular flexibility index (Phi) is 7.64. The molecule has 0 unspecified atom stereocenters. The summed E-state index contributed by atoms with van der Waals surface area (Å²) in [5.41, 5.74) is 2.71. The summed E-state index contributed by atoms with van der Waals surface area (Å²) in [6, 6.07) is 13.2. The minimum Gasteiger partial charge on any atom is -0.493 e. The summed E-state index contributed by atoms with van der Waals surface area (Å²) >= 11 is 0. The highest BCUT2D eigenvalue weighted by Crippen LogP contribution is 2.38. The molecule has 2 amide bonds. The number of piperazine rings is 1. The fourth-order valence-electron chi connectivity index (χ4n) is 4.26. The average Bonchev–Trinajstić information content (AvgIpc) is 2.88. The van der Waals surface area contributed by atoms with Crippen LogP contribution in [0.25, 0.3) is 10.9 Å². The minimum absolute atomic E-state index is 0.0913. The molecule has 0 spiro atoms. The molecule has 1 aliphatic rings. The molecule has 0 saturated carbocycles. The third-order valence-corrected chi connectivity index (χ3v) is 5.91. The van der Waals surface area contributed by atoms with Gasteiger partial charge in [0.15, 0.2) is 11.5 Å².